The molecule has 2 atom stereocenters. The summed E-state index contributed by atoms with van der Waals surface area (Å²) in [5.41, 5.74) is 0. The maximum atomic E-state index is 5.80. The zero-order chi connectivity index (χ0) is 12.2. The molecule has 0 saturated carbocycles. The third kappa shape index (κ3) is 3.25. The van der Waals surface area contributed by atoms with Gasteiger partial charge in [-0.1, -0.05) is 6.42 Å². The fourth-order valence-corrected chi connectivity index (χ4v) is 3.83. The summed E-state index contributed by atoms with van der Waals surface area (Å²) in [4.78, 5) is 5.41. The Morgan fingerprint density at radius 2 is 1.72 bits per heavy atom. The lowest BCUT2D eigenvalue weighted by Gasteiger charge is -2.33. The monoisotopic (exact) mass is 252 g/mol. The van der Waals surface area contributed by atoms with Gasteiger partial charge in [0.2, 0.25) is 0 Å². The van der Waals surface area contributed by atoms with E-state index >= 15 is 0 Å². The summed E-state index contributed by atoms with van der Waals surface area (Å²) >= 11 is 0. The van der Waals surface area contributed by atoms with Crippen LogP contribution in [0.3, 0.4) is 0 Å². The average molecular weight is 252 g/mol. The standard InChI is InChI=1S/C15H28N2O/c1-2-8-16(9-3-1)12-14-6-4-10-17(14)13-15-7-5-11-18-15/h14-15H,1-13H2/t14-,15+/m1/s1. The van der Waals surface area contributed by atoms with Crippen molar-refractivity contribution < 1.29 is 4.74 Å². The first kappa shape index (κ1) is 12.9. The average Bonchev–Trinajstić information content (AvgIpc) is 3.04. The molecule has 0 unspecified atom stereocenters. The van der Waals surface area contributed by atoms with Crippen molar-refractivity contribution >= 4 is 0 Å². The summed E-state index contributed by atoms with van der Waals surface area (Å²) in [7, 11) is 0. The van der Waals surface area contributed by atoms with Crippen LogP contribution in [0.25, 0.3) is 0 Å². The topological polar surface area (TPSA) is 15.7 Å². The van der Waals surface area contributed by atoms with Crippen molar-refractivity contribution in [2.45, 2.75) is 57.1 Å². The normalized spacial score (nSPS) is 35.3. The molecule has 0 N–H and O–H groups in total. The SMILES string of the molecule is C1CCN(C[C@H]2CCCN2C[C@@H]2CCCO2)CC1. The van der Waals surface area contributed by atoms with Crippen molar-refractivity contribution in [1.82, 2.24) is 9.80 Å². The van der Waals surface area contributed by atoms with Gasteiger partial charge in [-0.15, -0.1) is 0 Å². The second-order valence-electron chi connectivity index (χ2n) is 6.29. The Hall–Kier alpha value is -0.120. The molecular formula is C15H28N2O. The lowest BCUT2D eigenvalue weighted by atomic mass is 10.1. The van der Waals surface area contributed by atoms with Crippen LogP contribution >= 0.6 is 0 Å². The first-order valence-electron chi connectivity index (χ1n) is 8.00. The van der Waals surface area contributed by atoms with Gasteiger partial charge in [0.05, 0.1) is 6.10 Å². The van der Waals surface area contributed by atoms with Gasteiger partial charge >= 0.3 is 0 Å². The molecule has 18 heavy (non-hydrogen) atoms. The Labute approximate surface area is 111 Å². The van der Waals surface area contributed by atoms with Gasteiger partial charge in [0.15, 0.2) is 0 Å². The molecule has 3 heterocycles. The first-order chi connectivity index (χ1) is 8.92. The van der Waals surface area contributed by atoms with E-state index in [1.807, 2.05) is 0 Å². The third-order valence-electron chi connectivity index (χ3n) is 4.88. The van der Waals surface area contributed by atoms with Crippen molar-refractivity contribution in [3.05, 3.63) is 0 Å². The van der Waals surface area contributed by atoms with E-state index in [9.17, 15) is 0 Å². The molecule has 0 aromatic heterocycles. The van der Waals surface area contributed by atoms with Gasteiger partial charge in [-0.3, -0.25) is 4.90 Å². The minimum atomic E-state index is 0.534. The maximum Gasteiger partial charge on any atom is 0.0702 e. The summed E-state index contributed by atoms with van der Waals surface area (Å²) in [6, 6.07) is 0.812. The number of hydrogen-bond donors (Lipinski definition) is 0. The van der Waals surface area contributed by atoms with Gasteiger partial charge in [0.1, 0.15) is 0 Å². The highest BCUT2D eigenvalue weighted by atomic mass is 16.5. The van der Waals surface area contributed by atoms with E-state index < -0.39 is 0 Å². The van der Waals surface area contributed by atoms with Crippen LogP contribution in [0.1, 0.15) is 44.9 Å². The molecule has 0 aliphatic carbocycles. The molecule has 0 bridgehead atoms. The van der Waals surface area contributed by atoms with Gasteiger partial charge < -0.3 is 9.64 Å². The number of ether oxygens (including phenoxy) is 1. The van der Waals surface area contributed by atoms with E-state index in [1.54, 1.807) is 0 Å². The molecule has 104 valence electrons. The number of rotatable bonds is 4. The quantitative estimate of drug-likeness (QED) is 0.762. The van der Waals surface area contributed by atoms with E-state index in [0.717, 1.165) is 12.6 Å². The van der Waals surface area contributed by atoms with Crippen LogP contribution in [0, 0.1) is 0 Å². The van der Waals surface area contributed by atoms with Crippen LogP contribution in [-0.2, 0) is 4.74 Å². The van der Waals surface area contributed by atoms with Crippen LogP contribution in [0.4, 0.5) is 0 Å². The molecule has 0 spiro atoms. The lowest BCUT2D eigenvalue weighted by Crippen LogP contribution is -2.44. The molecular weight excluding hydrogens is 224 g/mol. The second kappa shape index (κ2) is 6.36. The number of piperidine rings is 1. The summed E-state index contributed by atoms with van der Waals surface area (Å²) < 4.78 is 5.80. The van der Waals surface area contributed by atoms with Crippen LogP contribution in [0.5, 0.6) is 0 Å². The van der Waals surface area contributed by atoms with Crippen molar-refractivity contribution in [1.29, 1.82) is 0 Å². The van der Waals surface area contributed by atoms with Gasteiger partial charge in [-0.05, 0) is 58.2 Å². The van der Waals surface area contributed by atoms with E-state index in [2.05, 4.69) is 9.80 Å². The van der Waals surface area contributed by atoms with Crippen molar-refractivity contribution in [3.8, 4) is 0 Å². The van der Waals surface area contributed by atoms with Gasteiger partial charge in [0.25, 0.3) is 0 Å². The molecule has 3 saturated heterocycles. The molecule has 3 heteroatoms. The van der Waals surface area contributed by atoms with Crippen LogP contribution < -0.4 is 0 Å². The molecule has 3 rings (SSSR count). The minimum Gasteiger partial charge on any atom is -0.377 e. The van der Waals surface area contributed by atoms with Gasteiger partial charge in [0, 0.05) is 25.7 Å². The van der Waals surface area contributed by atoms with Gasteiger partial charge in [-0.2, -0.15) is 0 Å². The third-order valence-corrected chi connectivity index (χ3v) is 4.88. The predicted molar refractivity (Wildman–Crippen MR) is 73.9 cm³/mol. The highest BCUT2D eigenvalue weighted by Crippen LogP contribution is 2.23. The zero-order valence-electron chi connectivity index (χ0n) is 11.6. The van der Waals surface area contributed by atoms with E-state index in [4.69, 9.17) is 4.74 Å². The summed E-state index contributed by atoms with van der Waals surface area (Å²) in [6.45, 7) is 7.48. The van der Waals surface area contributed by atoms with Crippen molar-refractivity contribution in [3.63, 3.8) is 0 Å². The fraction of sp³-hybridized carbons (Fsp3) is 1.00. The Morgan fingerprint density at radius 3 is 2.50 bits per heavy atom. The van der Waals surface area contributed by atoms with Crippen LogP contribution in [0.15, 0.2) is 0 Å². The van der Waals surface area contributed by atoms with E-state index in [-0.39, 0.29) is 0 Å². The van der Waals surface area contributed by atoms with Gasteiger partial charge in [-0.25, -0.2) is 0 Å². The molecule has 0 radical (unpaired) electrons. The maximum absolute atomic E-state index is 5.80. The van der Waals surface area contributed by atoms with Crippen molar-refractivity contribution in [2.75, 3.05) is 39.3 Å². The number of hydrogen-bond acceptors (Lipinski definition) is 3. The Kier molecular flexibility index (Phi) is 4.55. The summed E-state index contributed by atoms with van der Waals surface area (Å²) in [5, 5.41) is 0. The Morgan fingerprint density at radius 1 is 0.833 bits per heavy atom. The molecule has 3 nitrogen and oxygen atoms in total. The van der Waals surface area contributed by atoms with Crippen LogP contribution in [-0.4, -0.2) is 61.3 Å². The Bertz CT molecular complexity index is 247. The molecule has 3 aliphatic heterocycles. The first-order valence-corrected chi connectivity index (χ1v) is 8.00. The zero-order valence-corrected chi connectivity index (χ0v) is 11.6. The second-order valence-corrected chi connectivity index (χ2v) is 6.29. The summed E-state index contributed by atoms with van der Waals surface area (Å²) in [6.07, 6.45) is 10.2. The fourth-order valence-electron chi connectivity index (χ4n) is 3.83. The molecule has 0 aromatic rings. The van der Waals surface area contributed by atoms with Crippen LogP contribution in [0.2, 0.25) is 0 Å². The van der Waals surface area contributed by atoms with E-state index in [1.165, 1.54) is 77.7 Å². The summed E-state index contributed by atoms with van der Waals surface area (Å²) in [5.74, 6) is 0. The van der Waals surface area contributed by atoms with E-state index in [0.29, 0.717) is 6.10 Å². The molecule has 3 aliphatic rings. The number of likely N-dealkylation sites (tertiary alicyclic amines) is 2. The highest BCUT2D eigenvalue weighted by molar-refractivity contribution is 4.85. The lowest BCUT2D eigenvalue weighted by molar-refractivity contribution is 0.0601. The molecule has 0 aromatic carbocycles. The Balaban J connectivity index is 1.47. The molecule has 3 fully saturated rings. The number of nitrogens with zero attached hydrogens (tertiary/aromatic N) is 2. The predicted octanol–water partition coefficient (Wildman–Crippen LogP) is 2.12. The minimum absolute atomic E-state index is 0.534. The molecule has 0 amide bonds. The smallest absolute Gasteiger partial charge is 0.0702 e. The van der Waals surface area contributed by atoms with Crippen molar-refractivity contribution in [2.24, 2.45) is 0 Å². The highest BCUT2D eigenvalue weighted by Gasteiger charge is 2.29. The largest absolute Gasteiger partial charge is 0.377 e.